The summed E-state index contributed by atoms with van der Waals surface area (Å²) in [6.45, 7) is 4.08. The third-order valence-electron chi connectivity index (χ3n) is 10.00. The number of carbonyl (C=O) groups is 1. The molecule has 2 atom stereocenters. The lowest BCUT2D eigenvalue weighted by molar-refractivity contribution is -0.123. The summed E-state index contributed by atoms with van der Waals surface area (Å²) in [4.78, 5) is 30.9. The van der Waals surface area contributed by atoms with Gasteiger partial charge in [-0.25, -0.2) is 4.57 Å². The van der Waals surface area contributed by atoms with Crippen molar-refractivity contribution < 1.29 is 28.8 Å². The average Bonchev–Trinajstić information content (AvgIpc) is 3.08. The molecule has 0 aliphatic rings. The van der Waals surface area contributed by atoms with Gasteiger partial charge >= 0.3 is 7.82 Å². The minimum absolute atomic E-state index is 0.222. The summed E-state index contributed by atoms with van der Waals surface area (Å²) in [6.07, 6.45) is 45.2. The Morgan fingerprint density at radius 3 is 1.22 bits per heavy atom. The first kappa shape index (κ1) is 49.3. The van der Waals surface area contributed by atoms with Gasteiger partial charge in [0.1, 0.15) is 0 Å². The van der Waals surface area contributed by atoms with Gasteiger partial charge in [0.2, 0.25) is 5.91 Å². The quantitative estimate of drug-likeness (QED) is 0.0283. The van der Waals surface area contributed by atoms with E-state index in [1.54, 1.807) is 6.08 Å². The van der Waals surface area contributed by atoms with E-state index in [1.165, 1.54) is 173 Å². The Morgan fingerprint density at radius 1 is 0.560 bits per heavy atom. The molecule has 0 heterocycles. The predicted molar refractivity (Wildman–Crippen MR) is 213 cm³/mol. The molecule has 0 rings (SSSR count). The van der Waals surface area contributed by atoms with Crippen molar-refractivity contribution in [3.05, 3.63) is 12.2 Å². The second-order valence-corrected chi connectivity index (χ2v) is 16.3. The van der Waals surface area contributed by atoms with Crippen molar-refractivity contribution in [3.63, 3.8) is 0 Å². The standard InChI is InChI=1S/C42H84NO6P/c1-3-5-7-9-11-13-15-17-18-19-20-21-22-23-24-26-28-30-32-34-36-38-42(45)43-40(39-49-50(46,47)48)41(44)37-35-33-31-29-27-25-16-14-12-10-8-6-4-2/h35,37,40-41,44H,3-34,36,38-39H2,1-2H3,(H,43,45)(H2,46,47,48)/b37-35+. The minimum Gasteiger partial charge on any atom is -0.387 e. The van der Waals surface area contributed by atoms with E-state index in [9.17, 15) is 14.5 Å². The highest BCUT2D eigenvalue weighted by Crippen LogP contribution is 2.35. The lowest BCUT2D eigenvalue weighted by atomic mass is 10.0. The van der Waals surface area contributed by atoms with Crippen LogP contribution in [0.1, 0.15) is 232 Å². The van der Waals surface area contributed by atoms with Crippen LogP contribution in [-0.4, -0.2) is 39.6 Å². The molecule has 0 radical (unpaired) electrons. The number of rotatable bonds is 40. The summed E-state index contributed by atoms with van der Waals surface area (Å²) >= 11 is 0. The van der Waals surface area contributed by atoms with Crippen molar-refractivity contribution in [2.45, 2.75) is 244 Å². The van der Waals surface area contributed by atoms with E-state index < -0.39 is 26.6 Å². The molecule has 298 valence electrons. The molecule has 0 bridgehead atoms. The van der Waals surface area contributed by atoms with E-state index >= 15 is 0 Å². The number of carbonyl (C=O) groups excluding carboxylic acids is 1. The first-order chi connectivity index (χ1) is 24.3. The summed E-state index contributed by atoms with van der Waals surface area (Å²) < 4.78 is 15.9. The van der Waals surface area contributed by atoms with Gasteiger partial charge in [-0.05, 0) is 19.3 Å². The molecule has 4 N–H and O–H groups in total. The molecular formula is C42H84NO6P. The Bertz CT molecular complexity index is 788. The van der Waals surface area contributed by atoms with Crippen molar-refractivity contribution in [2.24, 2.45) is 0 Å². The second kappa shape index (κ2) is 38.0. The molecule has 0 aromatic carbocycles. The van der Waals surface area contributed by atoms with E-state index in [-0.39, 0.29) is 5.91 Å². The van der Waals surface area contributed by atoms with Gasteiger partial charge in [0.05, 0.1) is 18.8 Å². The second-order valence-electron chi connectivity index (χ2n) is 15.0. The number of hydrogen-bond acceptors (Lipinski definition) is 4. The van der Waals surface area contributed by atoms with Gasteiger partial charge in [-0.2, -0.15) is 0 Å². The van der Waals surface area contributed by atoms with Crippen molar-refractivity contribution in [1.29, 1.82) is 0 Å². The maximum atomic E-state index is 12.6. The van der Waals surface area contributed by atoms with Crippen LogP contribution in [0.25, 0.3) is 0 Å². The normalized spacial score (nSPS) is 13.3. The molecule has 0 spiro atoms. The van der Waals surface area contributed by atoms with Crippen molar-refractivity contribution in [2.75, 3.05) is 6.61 Å². The van der Waals surface area contributed by atoms with Crippen molar-refractivity contribution in [3.8, 4) is 0 Å². The highest BCUT2D eigenvalue weighted by molar-refractivity contribution is 7.46. The lowest BCUT2D eigenvalue weighted by Crippen LogP contribution is -2.45. The number of hydrogen-bond donors (Lipinski definition) is 4. The van der Waals surface area contributed by atoms with Gasteiger partial charge in [0.15, 0.2) is 0 Å². The van der Waals surface area contributed by atoms with Gasteiger partial charge in [0.25, 0.3) is 0 Å². The molecular weight excluding hydrogens is 645 g/mol. The average molecular weight is 730 g/mol. The third-order valence-corrected chi connectivity index (χ3v) is 10.5. The van der Waals surface area contributed by atoms with E-state index in [0.717, 1.165) is 38.5 Å². The number of allylic oxidation sites excluding steroid dienone is 1. The highest BCUT2D eigenvalue weighted by atomic mass is 31.2. The Balaban J connectivity index is 3.87. The molecule has 7 nitrogen and oxygen atoms in total. The fourth-order valence-electron chi connectivity index (χ4n) is 6.70. The number of phosphoric acid groups is 1. The number of phosphoric ester groups is 1. The van der Waals surface area contributed by atoms with Gasteiger partial charge in [-0.1, -0.05) is 219 Å². The zero-order chi connectivity index (χ0) is 36.8. The van der Waals surface area contributed by atoms with Gasteiger partial charge in [-0.3, -0.25) is 9.32 Å². The van der Waals surface area contributed by atoms with Crippen LogP contribution in [0, 0.1) is 0 Å². The molecule has 0 fully saturated rings. The van der Waals surface area contributed by atoms with Crippen LogP contribution in [-0.2, 0) is 13.9 Å². The van der Waals surface area contributed by atoms with Gasteiger partial charge in [0, 0.05) is 6.42 Å². The Kier molecular flexibility index (Phi) is 37.5. The van der Waals surface area contributed by atoms with Crippen LogP contribution in [0.5, 0.6) is 0 Å². The van der Waals surface area contributed by atoms with Gasteiger partial charge < -0.3 is 20.2 Å². The summed E-state index contributed by atoms with van der Waals surface area (Å²) in [5.41, 5.74) is 0. The molecule has 0 aromatic heterocycles. The summed E-state index contributed by atoms with van der Waals surface area (Å²) in [5, 5.41) is 13.4. The molecule has 0 aromatic rings. The maximum absolute atomic E-state index is 12.6. The van der Waals surface area contributed by atoms with Crippen molar-refractivity contribution >= 4 is 13.7 Å². The highest BCUT2D eigenvalue weighted by Gasteiger charge is 2.24. The molecule has 50 heavy (non-hydrogen) atoms. The number of unbranched alkanes of at least 4 members (excludes halogenated alkanes) is 31. The fourth-order valence-corrected chi connectivity index (χ4v) is 7.05. The van der Waals surface area contributed by atoms with Crippen molar-refractivity contribution in [1.82, 2.24) is 5.32 Å². The molecule has 0 saturated carbocycles. The monoisotopic (exact) mass is 730 g/mol. The fraction of sp³-hybridized carbons (Fsp3) is 0.929. The minimum atomic E-state index is -4.71. The molecule has 0 aliphatic carbocycles. The van der Waals surface area contributed by atoms with Crippen LogP contribution in [0.2, 0.25) is 0 Å². The molecule has 0 aliphatic heterocycles. The van der Waals surface area contributed by atoms with E-state index in [2.05, 4.69) is 23.7 Å². The SMILES string of the molecule is CCCCCCCCCCCCC/C=C/C(O)C(COP(=O)(O)O)NC(=O)CCCCCCCCCCCCCCCCCCCCCCC. The Labute approximate surface area is 310 Å². The Hall–Kier alpha value is -0.720. The number of amides is 1. The molecule has 1 amide bonds. The topological polar surface area (TPSA) is 116 Å². The van der Waals surface area contributed by atoms with E-state index in [1.807, 2.05) is 6.08 Å². The molecule has 2 unspecified atom stereocenters. The first-order valence-electron chi connectivity index (χ1n) is 21.6. The first-order valence-corrected chi connectivity index (χ1v) is 23.2. The van der Waals surface area contributed by atoms with Crippen LogP contribution in [0.15, 0.2) is 12.2 Å². The Morgan fingerprint density at radius 2 is 0.880 bits per heavy atom. The summed E-state index contributed by atoms with van der Waals surface area (Å²) in [6, 6.07) is -0.904. The van der Waals surface area contributed by atoms with Crippen LogP contribution in [0.3, 0.4) is 0 Å². The van der Waals surface area contributed by atoms with Crippen LogP contribution < -0.4 is 5.32 Å². The van der Waals surface area contributed by atoms with Gasteiger partial charge in [-0.15, -0.1) is 0 Å². The zero-order valence-corrected chi connectivity index (χ0v) is 34.0. The molecule has 8 heteroatoms. The summed E-state index contributed by atoms with van der Waals surface area (Å²) in [7, 11) is -4.71. The zero-order valence-electron chi connectivity index (χ0n) is 33.1. The summed E-state index contributed by atoms with van der Waals surface area (Å²) in [5.74, 6) is -0.222. The lowest BCUT2D eigenvalue weighted by Gasteiger charge is -2.22. The smallest absolute Gasteiger partial charge is 0.387 e. The predicted octanol–water partition coefficient (Wildman–Crippen LogP) is 12.8. The van der Waals surface area contributed by atoms with E-state index in [0.29, 0.717) is 6.42 Å². The maximum Gasteiger partial charge on any atom is 0.469 e. The largest absolute Gasteiger partial charge is 0.469 e. The number of nitrogens with one attached hydrogen (secondary N) is 1. The third kappa shape index (κ3) is 38.5. The van der Waals surface area contributed by atoms with E-state index in [4.69, 9.17) is 9.79 Å². The molecule has 0 saturated heterocycles. The number of aliphatic hydroxyl groups excluding tert-OH is 1. The number of aliphatic hydroxyl groups is 1. The van der Waals surface area contributed by atoms with Crippen LogP contribution in [0.4, 0.5) is 0 Å². The van der Waals surface area contributed by atoms with Crippen LogP contribution >= 0.6 is 7.82 Å².